The number of hydrogen-bond acceptors (Lipinski definition) is 3. The van der Waals surface area contributed by atoms with Crippen molar-refractivity contribution in [1.29, 1.82) is 0 Å². The maximum atomic E-state index is 12.9. The third-order valence-electron chi connectivity index (χ3n) is 4.20. The van der Waals surface area contributed by atoms with Crippen LogP contribution >= 0.6 is 0 Å². The highest BCUT2D eigenvalue weighted by Gasteiger charge is 2.18. The van der Waals surface area contributed by atoms with E-state index in [2.05, 4.69) is 0 Å². The zero-order valence-electron chi connectivity index (χ0n) is 15.2. The van der Waals surface area contributed by atoms with Crippen molar-refractivity contribution < 1.29 is 14.3 Å². The topological polar surface area (TPSA) is 46.6 Å². The molecule has 0 heterocycles. The van der Waals surface area contributed by atoms with Gasteiger partial charge < -0.3 is 9.64 Å². The Morgan fingerprint density at radius 3 is 2.44 bits per heavy atom. The van der Waals surface area contributed by atoms with Crippen LogP contribution in [0.4, 0.5) is 5.69 Å². The summed E-state index contributed by atoms with van der Waals surface area (Å²) in [5.74, 6) is 0.231. The molecule has 0 aliphatic heterocycles. The molecular weight excluding hydrogens is 338 g/mol. The molecule has 0 atom stereocenters. The molecule has 0 spiro atoms. The van der Waals surface area contributed by atoms with Crippen molar-refractivity contribution in [3.8, 4) is 5.75 Å². The van der Waals surface area contributed by atoms with Crippen molar-refractivity contribution in [1.82, 2.24) is 0 Å². The largest absolute Gasteiger partial charge is 0.483 e. The Balaban J connectivity index is 1.81. The smallest absolute Gasteiger partial charge is 0.265 e. The van der Waals surface area contributed by atoms with Crippen LogP contribution in [0.2, 0.25) is 0 Å². The van der Waals surface area contributed by atoms with Crippen molar-refractivity contribution in [3.05, 3.63) is 95.6 Å². The Bertz CT molecular complexity index is 922. The molecule has 136 valence electrons. The van der Waals surface area contributed by atoms with E-state index in [9.17, 15) is 9.59 Å². The molecule has 4 heteroatoms. The number of rotatable bonds is 7. The molecule has 3 rings (SSSR count). The number of ether oxygens (including phenoxy) is 1. The molecule has 4 nitrogen and oxygen atoms in total. The second-order valence-electron chi connectivity index (χ2n) is 6.25. The number of para-hydroxylation sites is 1. The minimum absolute atomic E-state index is 0.147. The van der Waals surface area contributed by atoms with E-state index >= 15 is 0 Å². The van der Waals surface area contributed by atoms with Gasteiger partial charge in [0.15, 0.2) is 12.9 Å². The number of nitrogens with zero attached hydrogens (tertiary/aromatic N) is 1. The van der Waals surface area contributed by atoms with Crippen LogP contribution in [0.1, 0.15) is 21.5 Å². The molecule has 0 aliphatic carbocycles. The normalized spacial score (nSPS) is 10.3. The lowest BCUT2D eigenvalue weighted by Gasteiger charge is -2.23. The van der Waals surface area contributed by atoms with E-state index in [0.717, 1.165) is 23.1 Å². The van der Waals surface area contributed by atoms with Gasteiger partial charge in [0.2, 0.25) is 0 Å². The summed E-state index contributed by atoms with van der Waals surface area (Å²) in [6, 6.07) is 24.5. The summed E-state index contributed by atoms with van der Waals surface area (Å²) in [4.78, 5) is 25.8. The summed E-state index contributed by atoms with van der Waals surface area (Å²) in [7, 11) is 0. The maximum Gasteiger partial charge on any atom is 0.265 e. The fourth-order valence-electron chi connectivity index (χ4n) is 2.81. The van der Waals surface area contributed by atoms with Crippen molar-refractivity contribution in [2.24, 2.45) is 0 Å². The molecule has 0 aromatic heterocycles. The second-order valence-corrected chi connectivity index (χ2v) is 6.25. The summed E-state index contributed by atoms with van der Waals surface area (Å²) in [6.07, 6.45) is 0.724. The minimum atomic E-state index is -0.176. The molecule has 0 saturated carbocycles. The first-order valence-electron chi connectivity index (χ1n) is 8.75. The van der Waals surface area contributed by atoms with Gasteiger partial charge in [-0.2, -0.15) is 0 Å². The van der Waals surface area contributed by atoms with E-state index in [4.69, 9.17) is 4.74 Å². The van der Waals surface area contributed by atoms with Gasteiger partial charge in [0, 0.05) is 5.69 Å². The van der Waals surface area contributed by atoms with Crippen molar-refractivity contribution in [2.45, 2.75) is 13.5 Å². The second kappa shape index (κ2) is 8.81. The van der Waals surface area contributed by atoms with E-state index in [1.807, 2.05) is 61.5 Å². The average Bonchev–Trinajstić information content (AvgIpc) is 2.71. The monoisotopic (exact) mass is 359 g/mol. The van der Waals surface area contributed by atoms with Crippen molar-refractivity contribution in [2.75, 3.05) is 11.5 Å². The highest BCUT2D eigenvalue weighted by atomic mass is 16.5. The fraction of sp³-hybridized carbons (Fsp3) is 0.130. The zero-order valence-corrected chi connectivity index (χ0v) is 15.2. The van der Waals surface area contributed by atoms with Crippen LogP contribution in [-0.2, 0) is 11.3 Å². The molecular formula is C23H21NO3. The molecule has 0 aliphatic rings. The Hall–Kier alpha value is -3.40. The molecule has 0 unspecified atom stereocenters. The lowest BCUT2D eigenvalue weighted by atomic mass is 10.1. The van der Waals surface area contributed by atoms with Gasteiger partial charge in [-0.1, -0.05) is 54.6 Å². The molecule has 3 aromatic carbocycles. The van der Waals surface area contributed by atoms with Gasteiger partial charge in [0.05, 0.1) is 12.1 Å². The van der Waals surface area contributed by atoms with Crippen LogP contribution < -0.4 is 9.64 Å². The van der Waals surface area contributed by atoms with Crippen LogP contribution in [0.5, 0.6) is 5.75 Å². The Labute approximate surface area is 159 Å². The summed E-state index contributed by atoms with van der Waals surface area (Å²) in [5, 5.41) is 0. The molecule has 0 radical (unpaired) electrons. The van der Waals surface area contributed by atoms with Gasteiger partial charge >= 0.3 is 0 Å². The number of carbonyl (C=O) groups is 2. The predicted octanol–water partition coefficient (Wildman–Crippen LogP) is 4.42. The minimum Gasteiger partial charge on any atom is -0.483 e. The fourth-order valence-corrected chi connectivity index (χ4v) is 2.81. The molecule has 1 amide bonds. The van der Waals surface area contributed by atoms with Crippen LogP contribution in [0, 0.1) is 6.92 Å². The molecule has 0 fully saturated rings. The highest BCUT2D eigenvalue weighted by Crippen LogP contribution is 2.20. The van der Waals surface area contributed by atoms with Gasteiger partial charge in [-0.25, -0.2) is 0 Å². The molecule has 0 saturated heterocycles. The van der Waals surface area contributed by atoms with E-state index in [-0.39, 0.29) is 12.5 Å². The Morgan fingerprint density at radius 1 is 0.963 bits per heavy atom. The van der Waals surface area contributed by atoms with Crippen LogP contribution in [-0.4, -0.2) is 18.8 Å². The van der Waals surface area contributed by atoms with Gasteiger partial charge in [-0.15, -0.1) is 0 Å². The number of anilines is 1. The zero-order chi connectivity index (χ0) is 19.1. The number of amides is 1. The van der Waals surface area contributed by atoms with Gasteiger partial charge in [0.1, 0.15) is 5.75 Å². The van der Waals surface area contributed by atoms with Crippen LogP contribution in [0.3, 0.4) is 0 Å². The molecule has 0 N–H and O–H groups in total. The SMILES string of the molecule is Cc1cccc(N(Cc2ccccc2)C(=O)COc2ccccc2C=O)c1. The van der Waals surface area contributed by atoms with Gasteiger partial charge in [-0.05, 0) is 42.3 Å². The summed E-state index contributed by atoms with van der Waals surface area (Å²) in [6.45, 7) is 2.29. The van der Waals surface area contributed by atoms with E-state index < -0.39 is 0 Å². The third kappa shape index (κ3) is 4.82. The quantitative estimate of drug-likeness (QED) is 0.587. The Kier molecular flexibility index (Phi) is 6.00. The first kappa shape index (κ1) is 18.4. The number of aldehydes is 1. The summed E-state index contributed by atoms with van der Waals surface area (Å²) < 4.78 is 5.64. The maximum absolute atomic E-state index is 12.9. The van der Waals surface area contributed by atoms with Crippen molar-refractivity contribution >= 4 is 17.9 Å². The number of carbonyl (C=O) groups excluding carboxylic acids is 2. The highest BCUT2D eigenvalue weighted by molar-refractivity contribution is 5.94. The predicted molar refractivity (Wildman–Crippen MR) is 106 cm³/mol. The Morgan fingerprint density at radius 2 is 1.70 bits per heavy atom. The van der Waals surface area contributed by atoms with E-state index in [1.54, 1.807) is 29.2 Å². The lowest BCUT2D eigenvalue weighted by molar-refractivity contribution is -0.120. The third-order valence-corrected chi connectivity index (χ3v) is 4.20. The van der Waals surface area contributed by atoms with E-state index in [0.29, 0.717) is 17.9 Å². The summed E-state index contributed by atoms with van der Waals surface area (Å²) >= 11 is 0. The molecule has 3 aromatic rings. The standard InChI is InChI=1S/C23H21NO3/c1-18-8-7-12-21(14-18)24(15-19-9-3-2-4-10-19)23(26)17-27-22-13-6-5-11-20(22)16-25/h2-14,16H,15,17H2,1H3. The summed E-state index contributed by atoms with van der Waals surface area (Å²) in [5.41, 5.74) is 3.35. The first-order chi connectivity index (χ1) is 13.2. The number of aryl methyl sites for hydroxylation is 1. The molecule has 27 heavy (non-hydrogen) atoms. The lowest BCUT2D eigenvalue weighted by Crippen LogP contribution is -2.34. The van der Waals surface area contributed by atoms with Gasteiger partial charge in [0.25, 0.3) is 5.91 Å². The first-order valence-corrected chi connectivity index (χ1v) is 8.75. The average molecular weight is 359 g/mol. The van der Waals surface area contributed by atoms with Crippen LogP contribution in [0.15, 0.2) is 78.9 Å². The van der Waals surface area contributed by atoms with E-state index in [1.165, 1.54) is 0 Å². The number of benzene rings is 3. The molecule has 0 bridgehead atoms. The number of hydrogen-bond donors (Lipinski definition) is 0. The van der Waals surface area contributed by atoms with Gasteiger partial charge in [-0.3, -0.25) is 9.59 Å². The van der Waals surface area contributed by atoms with Crippen molar-refractivity contribution in [3.63, 3.8) is 0 Å². The van der Waals surface area contributed by atoms with Crippen LogP contribution in [0.25, 0.3) is 0 Å².